The second-order valence-electron chi connectivity index (χ2n) is 7.64. The van der Waals surface area contributed by atoms with Crippen molar-refractivity contribution in [2.45, 2.75) is 33.4 Å². The number of rotatable bonds is 8. The Hall–Kier alpha value is -2.99. The van der Waals surface area contributed by atoms with Crippen molar-refractivity contribution in [1.82, 2.24) is 9.99 Å². The number of carbonyl (C=O) groups excluding carboxylic acids is 1. The van der Waals surface area contributed by atoms with E-state index in [1.807, 2.05) is 24.3 Å². The first-order valence-electron chi connectivity index (χ1n) is 10.2. The van der Waals surface area contributed by atoms with E-state index in [1.54, 1.807) is 25.1 Å². The van der Waals surface area contributed by atoms with Crippen LogP contribution < -0.4 is 10.2 Å². The molecule has 0 unspecified atom stereocenters. The molecule has 5 nitrogen and oxygen atoms in total. The van der Waals surface area contributed by atoms with Gasteiger partial charge in [0.1, 0.15) is 5.75 Å². The molecule has 6 heteroatoms. The summed E-state index contributed by atoms with van der Waals surface area (Å²) >= 11 is 1.55. The van der Waals surface area contributed by atoms with Gasteiger partial charge in [-0.05, 0) is 74.7 Å². The van der Waals surface area contributed by atoms with Crippen LogP contribution in [0.5, 0.6) is 5.75 Å². The van der Waals surface area contributed by atoms with E-state index in [-0.39, 0.29) is 5.91 Å². The topological polar surface area (TPSA) is 55.6 Å². The third kappa shape index (κ3) is 6.01. The van der Waals surface area contributed by atoms with E-state index in [0.717, 1.165) is 39.7 Å². The fourth-order valence-corrected chi connectivity index (χ4v) is 4.36. The summed E-state index contributed by atoms with van der Waals surface area (Å²) in [6, 6.07) is 16.5. The molecule has 3 aromatic rings. The predicted octanol–water partition coefficient (Wildman–Crippen LogP) is 5.10. The molecule has 0 aliphatic heterocycles. The third-order valence-corrected chi connectivity index (χ3v) is 5.99. The second-order valence-corrected chi connectivity index (χ2v) is 8.63. The lowest BCUT2D eigenvalue weighted by atomic mass is 10.1. The first-order chi connectivity index (χ1) is 14.9. The number of amides is 1. The van der Waals surface area contributed by atoms with Crippen molar-refractivity contribution < 1.29 is 9.53 Å². The first-order valence-corrected chi connectivity index (χ1v) is 11.3. The number of hydrogen-bond donors (Lipinski definition) is 1. The lowest BCUT2D eigenvalue weighted by Gasteiger charge is -2.11. The van der Waals surface area contributed by atoms with Gasteiger partial charge in [0, 0.05) is 28.4 Å². The Labute approximate surface area is 188 Å². The molecule has 0 bridgehead atoms. The number of benzene rings is 2. The maximum atomic E-state index is 12.1. The SMILES string of the molecule is COc1ccc(CSCC(=O)NN=Cc2cc(C)n(-c3cc(C)cc(C)c3)c2C)cc1. The summed E-state index contributed by atoms with van der Waals surface area (Å²) in [6.07, 6.45) is 1.72. The number of carbonyl (C=O) groups is 1. The molecule has 0 atom stereocenters. The number of thioether (sulfide) groups is 1. The highest BCUT2D eigenvalue weighted by molar-refractivity contribution is 7.99. The van der Waals surface area contributed by atoms with Gasteiger partial charge in [-0.15, -0.1) is 11.8 Å². The first kappa shape index (κ1) is 22.7. The zero-order chi connectivity index (χ0) is 22.4. The minimum Gasteiger partial charge on any atom is -0.497 e. The highest BCUT2D eigenvalue weighted by atomic mass is 32.2. The summed E-state index contributed by atoms with van der Waals surface area (Å²) in [4.78, 5) is 12.1. The Balaban J connectivity index is 1.56. The minimum absolute atomic E-state index is 0.113. The summed E-state index contributed by atoms with van der Waals surface area (Å²) in [5.41, 5.74) is 10.6. The van der Waals surface area contributed by atoms with Crippen LogP contribution in [0.15, 0.2) is 53.6 Å². The predicted molar refractivity (Wildman–Crippen MR) is 130 cm³/mol. The van der Waals surface area contributed by atoms with Crippen molar-refractivity contribution in [1.29, 1.82) is 0 Å². The molecule has 3 rings (SSSR count). The highest BCUT2D eigenvalue weighted by Crippen LogP contribution is 2.22. The lowest BCUT2D eigenvalue weighted by Crippen LogP contribution is -2.19. The molecule has 2 aromatic carbocycles. The summed E-state index contributed by atoms with van der Waals surface area (Å²) in [5, 5.41) is 4.17. The number of aromatic nitrogens is 1. The molecule has 1 N–H and O–H groups in total. The van der Waals surface area contributed by atoms with Crippen molar-refractivity contribution in [3.8, 4) is 11.4 Å². The second kappa shape index (κ2) is 10.4. The molecule has 31 heavy (non-hydrogen) atoms. The third-order valence-electron chi connectivity index (χ3n) is 4.99. The van der Waals surface area contributed by atoms with Crippen LogP contribution in [0, 0.1) is 27.7 Å². The Morgan fingerprint density at radius 2 is 1.74 bits per heavy atom. The Bertz CT molecular complexity index is 1060. The van der Waals surface area contributed by atoms with Crippen molar-refractivity contribution in [3.05, 3.63) is 82.2 Å². The van der Waals surface area contributed by atoms with E-state index in [1.165, 1.54) is 11.1 Å². The lowest BCUT2D eigenvalue weighted by molar-refractivity contribution is -0.118. The number of hydrazone groups is 1. The van der Waals surface area contributed by atoms with E-state index in [2.05, 4.69) is 67.1 Å². The fourth-order valence-electron chi connectivity index (χ4n) is 3.58. The van der Waals surface area contributed by atoms with E-state index in [9.17, 15) is 4.79 Å². The van der Waals surface area contributed by atoms with Crippen molar-refractivity contribution in [2.75, 3.05) is 12.9 Å². The average molecular weight is 436 g/mol. The standard InChI is InChI=1S/C25H29N3O2S/c1-17-10-18(2)12-23(11-17)28-19(3)13-22(20(28)4)14-26-27-25(29)16-31-15-21-6-8-24(30-5)9-7-21/h6-14H,15-16H2,1-5H3,(H,27,29). The van der Waals surface area contributed by atoms with E-state index in [4.69, 9.17) is 4.74 Å². The smallest absolute Gasteiger partial charge is 0.250 e. The average Bonchev–Trinajstić information content (AvgIpc) is 3.01. The van der Waals surface area contributed by atoms with E-state index in [0.29, 0.717) is 5.75 Å². The zero-order valence-corrected chi connectivity index (χ0v) is 19.5. The van der Waals surface area contributed by atoms with Gasteiger partial charge in [-0.1, -0.05) is 18.2 Å². The quantitative estimate of drug-likeness (QED) is 0.395. The number of ether oxygens (including phenoxy) is 1. The molecule has 0 aliphatic rings. The van der Waals surface area contributed by atoms with Gasteiger partial charge in [-0.2, -0.15) is 5.10 Å². The summed E-state index contributed by atoms with van der Waals surface area (Å²) in [7, 11) is 1.65. The highest BCUT2D eigenvalue weighted by Gasteiger charge is 2.10. The van der Waals surface area contributed by atoms with Crippen LogP contribution in [-0.4, -0.2) is 29.6 Å². The van der Waals surface area contributed by atoms with Gasteiger partial charge in [0.25, 0.3) is 0 Å². The number of aryl methyl sites for hydroxylation is 3. The molecule has 0 radical (unpaired) electrons. The molecule has 0 saturated heterocycles. The molecular formula is C25H29N3O2S. The number of hydrogen-bond acceptors (Lipinski definition) is 4. The Morgan fingerprint density at radius 1 is 1.06 bits per heavy atom. The van der Waals surface area contributed by atoms with Gasteiger partial charge in [-0.3, -0.25) is 4.79 Å². The van der Waals surface area contributed by atoms with Crippen LogP contribution in [-0.2, 0) is 10.5 Å². The van der Waals surface area contributed by atoms with Gasteiger partial charge in [0.2, 0.25) is 5.91 Å². The number of methoxy groups -OCH3 is 1. The molecule has 1 amide bonds. The Morgan fingerprint density at radius 3 is 2.39 bits per heavy atom. The summed E-state index contributed by atoms with van der Waals surface area (Å²) < 4.78 is 7.37. The van der Waals surface area contributed by atoms with Crippen molar-refractivity contribution in [3.63, 3.8) is 0 Å². The summed E-state index contributed by atoms with van der Waals surface area (Å²) in [5.74, 6) is 1.83. The molecule has 1 heterocycles. The largest absolute Gasteiger partial charge is 0.497 e. The van der Waals surface area contributed by atoms with Gasteiger partial charge in [0.15, 0.2) is 0 Å². The van der Waals surface area contributed by atoms with Crippen LogP contribution >= 0.6 is 11.8 Å². The molecule has 0 fully saturated rings. The van der Waals surface area contributed by atoms with Crippen LogP contribution in [0.1, 0.15) is 33.6 Å². The van der Waals surface area contributed by atoms with Gasteiger partial charge in [0.05, 0.1) is 19.1 Å². The van der Waals surface area contributed by atoms with E-state index < -0.39 is 0 Å². The van der Waals surface area contributed by atoms with Crippen molar-refractivity contribution >= 4 is 23.9 Å². The van der Waals surface area contributed by atoms with Crippen molar-refractivity contribution in [2.24, 2.45) is 5.10 Å². The summed E-state index contributed by atoms with van der Waals surface area (Å²) in [6.45, 7) is 8.36. The molecule has 0 aliphatic carbocycles. The van der Waals surface area contributed by atoms with Gasteiger partial charge in [-0.25, -0.2) is 5.43 Å². The van der Waals surface area contributed by atoms with E-state index >= 15 is 0 Å². The van der Waals surface area contributed by atoms with Crippen LogP contribution in [0.25, 0.3) is 5.69 Å². The van der Waals surface area contributed by atoms with Gasteiger partial charge < -0.3 is 9.30 Å². The maximum absolute atomic E-state index is 12.1. The number of nitrogens with zero attached hydrogens (tertiary/aromatic N) is 2. The molecule has 0 spiro atoms. The molecule has 1 aromatic heterocycles. The monoisotopic (exact) mass is 435 g/mol. The number of nitrogens with one attached hydrogen (secondary N) is 1. The van der Waals surface area contributed by atoms with Crippen LogP contribution in [0.2, 0.25) is 0 Å². The molecule has 162 valence electrons. The normalized spacial score (nSPS) is 11.1. The minimum atomic E-state index is -0.113. The Kier molecular flexibility index (Phi) is 7.58. The molecular weight excluding hydrogens is 406 g/mol. The van der Waals surface area contributed by atoms with Crippen LogP contribution in [0.3, 0.4) is 0 Å². The maximum Gasteiger partial charge on any atom is 0.250 e. The molecule has 0 saturated carbocycles. The van der Waals surface area contributed by atoms with Crippen LogP contribution in [0.4, 0.5) is 0 Å². The fraction of sp³-hybridized carbons (Fsp3) is 0.280. The zero-order valence-electron chi connectivity index (χ0n) is 18.7. The van der Waals surface area contributed by atoms with Gasteiger partial charge >= 0.3 is 0 Å².